The molecule has 2 aromatic heterocycles. The molecule has 2 aromatic rings. The number of amides is 2. The predicted octanol–water partition coefficient (Wildman–Crippen LogP) is 2.50. The molecule has 21 heavy (non-hydrogen) atoms. The van der Waals surface area contributed by atoms with Gasteiger partial charge in [-0.05, 0) is 18.1 Å². The third-order valence-electron chi connectivity index (χ3n) is 2.82. The van der Waals surface area contributed by atoms with Crippen LogP contribution in [-0.2, 0) is 9.59 Å². The van der Waals surface area contributed by atoms with Crippen molar-refractivity contribution < 1.29 is 14.0 Å². The molecule has 0 aromatic carbocycles. The molecule has 0 saturated heterocycles. The first-order chi connectivity index (χ1) is 9.97. The van der Waals surface area contributed by atoms with E-state index in [1.807, 2.05) is 13.8 Å². The predicted molar refractivity (Wildman–Crippen MR) is 80.9 cm³/mol. The Morgan fingerprint density at radius 1 is 1.38 bits per heavy atom. The van der Waals surface area contributed by atoms with Gasteiger partial charge in [0.25, 0.3) is 0 Å². The first kappa shape index (κ1) is 15.2. The van der Waals surface area contributed by atoms with Gasteiger partial charge in [-0.15, -0.1) is 11.3 Å². The molecule has 2 amide bonds. The van der Waals surface area contributed by atoms with Crippen LogP contribution in [0.15, 0.2) is 28.2 Å². The molecule has 2 rings (SSSR count). The number of anilines is 1. The van der Waals surface area contributed by atoms with E-state index in [0.29, 0.717) is 16.6 Å². The van der Waals surface area contributed by atoms with Gasteiger partial charge in [-0.2, -0.15) is 0 Å². The number of hydrogen-bond donors (Lipinski definition) is 2. The quantitative estimate of drug-likeness (QED) is 0.889. The number of carbonyl (C=O) groups excluding carboxylic acids is 2. The highest BCUT2D eigenvalue weighted by molar-refractivity contribution is 7.14. The van der Waals surface area contributed by atoms with Crippen molar-refractivity contribution in [3.05, 3.63) is 23.8 Å². The van der Waals surface area contributed by atoms with Crippen LogP contribution < -0.4 is 10.6 Å². The van der Waals surface area contributed by atoms with Crippen LogP contribution in [0.3, 0.4) is 0 Å². The molecule has 0 aliphatic heterocycles. The smallest absolute Gasteiger partial charge is 0.248 e. The van der Waals surface area contributed by atoms with Crippen LogP contribution in [0.1, 0.15) is 20.8 Å². The lowest BCUT2D eigenvalue weighted by molar-refractivity contribution is -0.126. The Labute approximate surface area is 126 Å². The zero-order chi connectivity index (χ0) is 15.4. The number of carbonyl (C=O) groups is 2. The second-order valence-electron chi connectivity index (χ2n) is 4.93. The first-order valence-electron chi connectivity index (χ1n) is 6.54. The molecule has 6 nitrogen and oxygen atoms in total. The van der Waals surface area contributed by atoms with Crippen molar-refractivity contribution >= 4 is 28.3 Å². The van der Waals surface area contributed by atoms with Crippen LogP contribution >= 0.6 is 11.3 Å². The molecule has 0 fully saturated rings. The summed E-state index contributed by atoms with van der Waals surface area (Å²) in [5.41, 5.74) is 0.668. The van der Waals surface area contributed by atoms with Gasteiger partial charge in [0.05, 0.1) is 6.26 Å². The van der Waals surface area contributed by atoms with Gasteiger partial charge in [-0.3, -0.25) is 9.59 Å². The number of rotatable bonds is 5. The standard InChI is InChI=1S/C14H17N3O3S/c1-8(2)12(15-9(3)18)13(19)17-14-16-10(7-21-14)11-5-4-6-20-11/h4-8,12H,1-3H3,(H,15,18)(H,16,17,19). The summed E-state index contributed by atoms with van der Waals surface area (Å²) in [6.07, 6.45) is 1.57. The first-order valence-corrected chi connectivity index (χ1v) is 7.42. The fourth-order valence-electron chi connectivity index (χ4n) is 1.81. The Kier molecular flexibility index (Phi) is 4.74. The molecule has 0 saturated carbocycles. The van der Waals surface area contributed by atoms with E-state index in [4.69, 9.17) is 4.42 Å². The molecule has 0 spiro atoms. The van der Waals surface area contributed by atoms with Gasteiger partial charge in [0.15, 0.2) is 10.9 Å². The highest BCUT2D eigenvalue weighted by Gasteiger charge is 2.23. The monoisotopic (exact) mass is 307 g/mol. The van der Waals surface area contributed by atoms with Crippen LogP contribution in [0.5, 0.6) is 0 Å². The summed E-state index contributed by atoms with van der Waals surface area (Å²) in [7, 11) is 0. The Morgan fingerprint density at radius 2 is 2.14 bits per heavy atom. The Balaban J connectivity index is 2.06. The largest absolute Gasteiger partial charge is 0.463 e. The van der Waals surface area contributed by atoms with Crippen molar-refractivity contribution in [1.29, 1.82) is 0 Å². The van der Waals surface area contributed by atoms with Crippen molar-refractivity contribution in [3.8, 4) is 11.5 Å². The summed E-state index contributed by atoms with van der Waals surface area (Å²) in [6.45, 7) is 5.13. The third kappa shape index (κ3) is 3.91. The van der Waals surface area contributed by atoms with E-state index in [1.165, 1.54) is 18.3 Å². The summed E-state index contributed by atoms with van der Waals surface area (Å²) >= 11 is 1.31. The molecule has 0 radical (unpaired) electrons. The lowest BCUT2D eigenvalue weighted by atomic mass is 10.0. The van der Waals surface area contributed by atoms with E-state index in [2.05, 4.69) is 15.6 Å². The van der Waals surface area contributed by atoms with Gasteiger partial charge >= 0.3 is 0 Å². The Hall–Kier alpha value is -2.15. The summed E-state index contributed by atoms with van der Waals surface area (Å²) in [5.74, 6) is 0.118. The molecular formula is C14H17N3O3S. The van der Waals surface area contributed by atoms with Crippen LogP contribution in [0.25, 0.3) is 11.5 Å². The highest BCUT2D eigenvalue weighted by Crippen LogP contribution is 2.25. The van der Waals surface area contributed by atoms with Crippen LogP contribution in [0.2, 0.25) is 0 Å². The summed E-state index contributed by atoms with van der Waals surface area (Å²) in [5, 5.41) is 7.64. The molecule has 1 unspecified atom stereocenters. The molecule has 0 aliphatic rings. The fraction of sp³-hybridized carbons (Fsp3) is 0.357. The van der Waals surface area contributed by atoms with Crippen molar-refractivity contribution in [3.63, 3.8) is 0 Å². The minimum absolute atomic E-state index is 0.0154. The maximum absolute atomic E-state index is 12.2. The Morgan fingerprint density at radius 3 is 2.71 bits per heavy atom. The number of aromatic nitrogens is 1. The molecule has 112 valence electrons. The number of thiazole rings is 1. The zero-order valence-electron chi connectivity index (χ0n) is 12.0. The van der Waals surface area contributed by atoms with Gasteiger partial charge in [-0.25, -0.2) is 4.98 Å². The average molecular weight is 307 g/mol. The minimum Gasteiger partial charge on any atom is -0.463 e. The van der Waals surface area contributed by atoms with Gasteiger partial charge in [0.2, 0.25) is 11.8 Å². The minimum atomic E-state index is -0.585. The second-order valence-corrected chi connectivity index (χ2v) is 5.78. The van der Waals surface area contributed by atoms with Gasteiger partial charge < -0.3 is 15.1 Å². The molecule has 1 atom stereocenters. The maximum Gasteiger partial charge on any atom is 0.248 e. The van der Waals surface area contributed by atoms with Gasteiger partial charge in [-0.1, -0.05) is 13.8 Å². The third-order valence-corrected chi connectivity index (χ3v) is 3.57. The van der Waals surface area contributed by atoms with E-state index in [-0.39, 0.29) is 17.7 Å². The van der Waals surface area contributed by atoms with Crippen molar-refractivity contribution in [2.75, 3.05) is 5.32 Å². The molecule has 0 aliphatic carbocycles. The molecule has 2 N–H and O–H groups in total. The average Bonchev–Trinajstić information content (AvgIpc) is 3.05. The maximum atomic E-state index is 12.2. The van der Waals surface area contributed by atoms with E-state index in [9.17, 15) is 9.59 Å². The summed E-state index contributed by atoms with van der Waals surface area (Å²) < 4.78 is 5.25. The normalized spacial score (nSPS) is 12.2. The SMILES string of the molecule is CC(=O)NC(C(=O)Nc1nc(-c2ccco2)cs1)C(C)C. The van der Waals surface area contributed by atoms with E-state index >= 15 is 0 Å². The zero-order valence-corrected chi connectivity index (χ0v) is 12.9. The second kappa shape index (κ2) is 6.53. The van der Waals surface area contributed by atoms with E-state index in [1.54, 1.807) is 23.8 Å². The van der Waals surface area contributed by atoms with Crippen molar-refractivity contribution in [2.45, 2.75) is 26.8 Å². The van der Waals surface area contributed by atoms with Crippen LogP contribution in [0.4, 0.5) is 5.13 Å². The highest BCUT2D eigenvalue weighted by atomic mass is 32.1. The molecule has 2 heterocycles. The van der Waals surface area contributed by atoms with Crippen LogP contribution in [0, 0.1) is 5.92 Å². The van der Waals surface area contributed by atoms with E-state index in [0.717, 1.165) is 0 Å². The number of nitrogens with one attached hydrogen (secondary N) is 2. The number of hydrogen-bond acceptors (Lipinski definition) is 5. The molecule has 0 bridgehead atoms. The molecule has 7 heteroatoms. The number of nitrogens with zero attached hydrogens (tertiary/aromatic N) is 1. The van der Waals surface area contributed by atoms with Gasteiger partial charge in [0, 0.05) is 12.3 Å². The summed E-state index contributed by atoms with van der Waals surface area (Å²) in [4.78, 5) is 27.7. The topological polar surface area (TPSA) is 84.2 Å². The van der Waals surface area contributed by atoms with E-state index < -0.39 is 6.04 Å². The lowest BCUT2D eigenvalue weighted by Gasteiger charge is -2.20. The lowest BCUT2D eigenvalue weighted by Crippen LogP contribution is -2.46. The van der Waals surface area contributed by atoms with Crippen molar-refractivity contribution in [2.24, 2.45) is 5.92 Å². The Bertz CT molecular complexity index is 619. The van der Waals surface area contributed by atoms with Crippen molar-refractivity contribution in [1.82, 2.24) is 10.3 Å². The molecular weight excluding hydrogens is 290 g/mol. The fourth-order valence-corrected chi connectivity index (χ4v) is 2.51. The summed E-state index contributed by atoms with van der Waals surface area (Å²) in [6, 6.07) is 2.99. The van der Waals surface area contributed by atoms with Gasteiger partial charge in [0.1, 0.15) is 11.7 Å². The van der Waals surface area contributed by atoms with Crippen LogP contribution in [-0.4, -0.2) is 22.8 Å². The number of furan rings is 1.